The Morgan fingerprint density at radius 1 is 1.67 bits per heavy atom. The van der Waals surface area contributed by atoms with Gasteiger partial charge >= 0.3 is 5.97 Å². The van der Waals surface area contributed by atoms with Gasteiger partial charge in [0.15, 0.2) is 6.10 Å². The van der Waals surface area contributed by atoms with Gasteiger partial charge in [0.25, 0.3) is 0 Å². The van der Waals surface area contributed by atoms with Gasteiger partial charge in [0, 0.05) is 0 Å². The maximum absolute atomic E-state index is 11.3. The standard InChI is InChI=1S/C5H9FO3/c6-3-1-2-4(7)5(8)9/h4,7H,1-3H2,(H,8,9). The van der Waals surface area contributed by atoms with Crippen molar-refractivity contribution in [2.24, 2.45) is 0 Å². The Balaban J connectivity index is 3.27. The number of carbonyl (C=O) groups is 1. The van der Waals surface area contributed by atoms with Crippen molar-refractivity contribution in [3.05, 3.63) is 0 Å². The van der Waals surface area contributed by atoms with Crippen molar-refractivity contribution in [2.75, 3.05) is 6.67 Å². The number of alkyl halides is 1. The number of hydrogen-bond donors (Lipinski definition) is 2. The van der Waals surface area contributed by atoms with Gasteiger partial charge in [0.1, 0.15) is 0 Å². The lowest BCUT2D eigenvalue weighted by molar-refractivity contribution is -0.146. The number of rotatable bonds is 4. The quantitative estimate of drug-likeness (QED) is 0.579. The fraction of sp³-hybridized carbons (Fsp3) is 0.800. The Morgan fingerprint density at radius 3 is 2.56 bits per heavy atom. The fourth-order valence-corrected chi connectivity index (χ4v) is 0.394. The van der Waals surface area contributed by atoms with Crippen molar-refractivity contribution in [3.8, 4) is 0 Å². The first kappa shape index (κ1) is 8.36. The maximum Gasteiger partial charge on any atom is 0.332 e. The Bertz CT molecular complexity index is 94.2. The molecule has 4 heteroatoms. The summed E-state index contributed by atoms with van der Waals surface area (Å²) in [7, 11) is 0. The maximum atomic E-state index is 11.3. The highest BCUT2D eigenvalue weighted by Gasteiger charge is 2.11. The SMILES string of the molecule is O=C(O)C(O)CCCF. The molecule has 1 atom stereocenters. The summed E-state index contributed by atoms with van der Waals surface area (Å²) in [5.74, 6) is -1.29. The molecule has 9 heavy (non-hydrogen) atoms. The van der Waals surface area contributed by atoms with Gasteiger partial charge in [-0.3, -0.25) is 4.39 Å². The number of carboxylic acids is 1. The molecule has 0 aliphatic heterocycles. The van der Waals surface area contributed by atoms with Gasteiger partial charge < -0.3 is 10.2 Å². The van der Waals surface area contributed by atoms with Crippen LogP contribution in [0.5, 0.6) is 0 Å². The molecule has 0 radical (unpaired) electrons. The number of hydrogen-bond acceptors (Lipinski definition) is 2. The summed E-state index contributed by atoms with van der Waals surface area (Å²) in [6.45, 7) is -0.579. The number of aliphatic hydroxyl groups is 1. The largest absolute Gasteiger partial charge is 0.479 e. The highest BCUT2D eigenvalue weighted by atomic mass is 19.1. The van der Waals surface area contributed by atoms with Gasteiger partial charge in [0.05, 0.1) is 6.67 Å². The van der Waals surface area contributed by atoms with E-state index in [0.29, 0.717) is 0 Å². The van der Waals surface area contributed by atoms with Crippen LogP contribution in [0.2, 0.25) is 0 Å². The molecule has 0 spiro atoms. The van der Waals surface area contributed by atoms with Crippen LogP contribution in [-0.4, -0.2) is 29.0 Å². The third kappa shape index (κ3) is 3.90. The molecule has 0 amide bonds. The van der Waals surface area contributed by atoms with Crippen molar-refractivity contribution in [3.63, 3.8) is 0 Å². The van der Waals surface area contributed by atoms with E-state index >= 15 is 0 Å². The smallest absolute Gasteiger partial charge is 0.332 e. The van der Waals surface area contributed by atoms with Crippen molar-refractivity contribution in [1.29, 1.82) is 0 Å². The van der Waals surface area contributed by atoms with Crippen molar-refractivity contribution < 1.29 is 19.4 Å². The van der Waals surface area contributed by atoms with Crippen LogP contribution in [0.4, 0.5) is 4.39 Å². The third-order valence-corrected chi connectivity index (χ3v) is 0.896. The molecule has 0 bridgehead atoms. The second-order valence-corrected chi connectivity index (χ2v) is 1.69. The normalized spacial score (nSPS) is 13.1. The average Bonchev–Trinajstić information content (AvgIpc) is 1.82. The second-order valence-electron chi connectivity index (χ2n) is 1.69. The summed E-state index contributed by atoms with van der Waals surface area (Å²) < 4.78 is 11.3. The number of aliphatic carboxylic acids is 1. The van der Waals surface area contributed by atoms with E-state index in [1.54, 1.807) is 0 Å². The minimum absolute atomic E-state index is 0.00810. The molecule has 0 saturated carbocycles. The fourth-order valence-electron chi connectivity index (χ4n) is 0.394. The summed E-state index contributed by atoms with van der Waals surface area (Å²) in [5, 5.41) is 16.5. The Morgan fingerprint density at radius 2 is 2.22 bits per heavy atom. The molecular weight excluding hydrogens is 127 g/mol. The first-order chi connectivity index (χ1) is 4.18. The molecule has 0 heterocycles. The molecule has 0 aromatic carbocycles. The molecule has 0 aromatic heterocycles. The molecule has 2 N–H and O–H groups in total. The van der Waals surface area contributed by atoms with E-state index in [-0.39, 0.29) is 12.8 Å². The predicted octanol–water partition coefficient (Wildman–Crippen LogP) is 0.182. The monoisotopic (exact) mass is 136 g/mol. The first-order valence-electron chi connectivity index (χ1n) is 2.65. The first-order valence-corrected chi connectivity index (χ1v) is 2.65. The lowest BCUT2D eigenvalue weighted by Crippen LogP contribution is -2.19. The summed E-state index contributed by atoms with van der Waals surface area (Å²) in [4.78, 5) is 9.83. The molecule has 1 unspecified atom stereocenters. The van der Waals surface area contributed by atoms with Crippen LogP contribution < -0.4 is 0 Å². The highest BCUT2D eigenvalue weighted by molar-refractivity contribution is 5.71. The summed E-state index contributed by atoms with van der Waals surface area (Å²) in [6, 6.07) is 0. The van der Waals surface area contributed by atoms with Crippen LogP contribution in [-0.2, 0) is 4.79 Å². The molecule has 3 nitrogen and oxygen atoms in total. The second kappa shape index (κ2) is 4.26. The van der Waals surface area contributed by atoms with E-state index in [2.05, 4.69) is 0 Å². The van der Waals surface area contributed by atoms with Crippen molar-refractivity contribution in [2.45, 2.75) is 18.9 Å². The van der Waals surface area contributed by atoms with Crippen LogP contribution in [0.25, 0.3) is 0 Å². The number of halogens is 1. The molecule has 0 fully saturated rings. The Hall–Kier alpha value is -0.640. The molecule has 0 aliphatic rings. The van der Waals surface area contributed by atoms with Crippen LogP contribution >= 0.6 is 0 Å². The van der Waals surface area contributed by atoms with Gasteiger partial charge in [0.2, 0.25) is 0 Å². The van der Waals surface area contributed by atoms with E-state index in [0.717, 1.165) is 0 Å². The Labute approximate surface area is 52.1 Å². The Kier molecular flexibility index (Phi) is 3.96. The number of aliphatic hydroxyl groups excluding tert-OH is 1. The molecule has 0 aromatic rings. The van der Waals surface area contributed by atoms with E-state index < -0.39 is 18.7 Å². The molecule has 0 saturated heterocycles. The average molecular weight is 136 g/mol. The topological polar surface area (TPSA) is 57.5 Å². The zero-order valence-corrected chi connectivity index (χ0v) is 4.88. The van der Waals surface area contributed by atoms with Gasteiger partial charge in [-0.2, -0.15) is 0 Å². The van der Waals surface area contributed by atoms with Crippen molar-refractivity contribution in [1.82, 2.24) is 0 Å². The van der Waals surface area contributed by atoms with Crippen LogP contribution in [0.15, 0.2) is 0 Å². The summed E-state index contributed by atoms with van der Waals surface area (Å²) >= 11 is 0. The predicted molar refractivity (Wildman–Crippen MR) is 28.9 cm³/mol. The van der Waals surface area contributed by atoms with Crippen LogP contribution in [0.1, 0.15) is 12.8 Å². The van der Waals surface area contributed by atoms with Crippen LogP contribution in [0, 0.1) is 0 Å². The molecular formula is C5H9FO3. The van der Waals surface area contributed by atoms with Crippen molar-refractivity contribution >= 4 is 5.97 Å². The molecule has 0 aliphatic carbocycles. The third-order valence-electron chi connectivity index (χ3n) is 0.896. The summed E-state index contributed by atoms with van der Waals surface area (Å²) in [5.41, 5.74) is 0. The van der Waals surface area contributed by atoms with E-state index in [9.17, 15) is 9.18 Å². The van der Waals surface area contributed by atoms with E-state index in [1.807, 2.05) is 0 Å². The van der Waals surface area contributed by atoms with Gasteiger partial charge in [-0.05, 0) is 12.8 Å². The lowest BCUT2D eigenvalue weighted by Gasteiger charge is -2.00. The van der Waals surface area contributed by atoms with Gasteiger partial charge in [-0.25, -0.2) is 4.79 Å². The van der Waals surface area contributed by atoms with E-state index in [4.69, 9.17) is 10.2 Å². The minimum atomic E-state index is -1.40. The zero-order chi connectivity index (χ0) is 7.28. The minimum Gasteiger partial charge on any atom is -0.479 e. The van der Waals surface area contributed by atoms with Crippen LogP contribution in [0.3, 0.4) is 0 Å². The number of carboxylic acid groups (broad SMARTS) is 1. The molecule has 54 valence electrons. The van der Waals surface area contributed by atoms with Gasteiger partial charge in [-0.1, -0.05) is 0 Å². The zero-order valence-electron chi connectivity index (χ0n) is 4.88. The van der Waals surface area contributed by atoms with E-state index in [1.165, 1.54) is 0 Å². The van der Waals surface area contributed by atoms with Gasteiger partial charge in [-0.15, -0.1) is 0 Å². The highest BCUT2D eigenvalue weighted by Crippen LogP contribution is 1.96. The lowest BCUT2D eigenvalue weighted by atomic mass is 10.2. The summed E-state index contributed by atoms with van der Waals surface area (Å²) in [6.07, 6.45) is -1.31. The molecule has 0 rings (SSSR count).